The third-order valence-corrected chi connectivity index (χ3v) is 5.31. The molecule has 0 aromatic carbocycles. The van der Waals surface area contributed by atoms with Crippen molar-refractivity contribution in [2.75, 3.05) is 38.6 Å². The zero-order valence-corrected chi connectivity index (χ0v) is 14.3. The number of likely N-dealkylation sites (tertiary alicyclic amines) is 1. The summed E-state index contributed by atoms with van der Waals surface area (Å²) in [5.41, 5.74) is 0. The molecule has 0 amide bonds. The van der Waals surface area contributed by atoms with Gasteiger partial charge in [-0.25, -0.2) is 4.98 Å². The molecule has 0 unspecified atom stereocenters. The van der Waals surface area contributed by atoms with Crippen molar-refractivity contribution < 1.29 is 0 Å². The molecule has 2 aromatic rings. The minimum absolute atomic E-state index is 0.342. The topological polar surface area (TPSA) is 32.3 Å². The Hall–Kier alpha value is -0.910. The number of hydrogen-bond donors (Lipinski definition) is 0. The number of aryl methyl sites for hydroxylation is 1. The molecule has 6 heteroatoms. The van der Waals surface area contributed by atoms with Gasteiger partial charge in [-0.15, -0.1) is 11.3 Å². The number of piperidine rings is 1. The summed E-state index contributed by atoms with van der Waals surface area (Å²) in [6, 6.07) is 2.16. The first-order valence-electron chi connectivity index (χ1n) is 7.36. The zero-order valence-electron chi connectivity index (χ0n) is 12.8. The molecule has 0 atom stereocenters. The van der Waals surface area contributed by atoms with Crippen LogP contribution in [-0.4, -0.2) is 48.6 Å². The van der Waals surface area contributed by atoms with Crippen LogP contribution >= 0.6 is 22.9 Å². The van der Waals surface area contributed by atoms with Gasteiger partial charge >= 0.3 is 0 Å². The summed E-state index contributed by atoms with van der Waals surface area (Å²) in [7, 11) is 4.31. The number of thiophene rings is 1. The van der Waals surface area contributed by atoms with Gasteiger partial charge in [-0.1, -0.05) is 0 Å². The van der Waals surface area contributed by atoms with Gasteiger partial charge in [0, 0.05) is 18.5 Å². The van der Waals surface area contributed by atoms with Crippen LogP contribution in [0.5, 0.6) is 0 Å². The van der Waals surface area contributed by atoms with Crippen molar-refractivity contribution in [3.63, 3.8) is 0 Å². The summed E-state index contributed by atoms with van der Waals surface area (Å²) in [6.07, 6.45) is 2.51. The zero-order chi connectivity index (χ0) is 15.0. The van der Waals surface area contributed by atoms with E-state index in [1.807, 2.05) is 0 Å². The fourth-order valence-corrected chi connectivity index (χ4v) is 4.10. The van der Waals surface area contributed by atoms with Gasteiger partial charge in [0.05, 0.1) is 5.39 Å². The second kappa shape index (κ2) is 6.07. The maximum Gasteiger partial charge on any atom is 0.225 e. The van der Waals surface area contributed by atoms with Gasteiger partial charge in [-0.3, -0.25) is 0 Å². The van der Waals surface area contributed by atoms with Gasteiger partial charge in [0.15, 0.2) is 0 Å². The third-order valence-electron chi connectivity index (χ3n) is 4.20. The average molecular weight is 325 g/mol. The summed E-state index contributed by atoms with van der Waals surface area (Å²) in [6.45, 7) is 5.51. The second-order valence-electron chi connectivity index (χ2n) is 6.02. The third kappa shape index (κ3) is 3.30. The van der Waals surface area contributed by atoms with Crippen molar-refractivity contribution in [3.8, 4) is 0 Å². The van der Waals surface area contributed by atoms with Crippen LogP contribution in [0.1, 0.15) is 17.7 Å². The molecule has 3 rings (SSSR count). The van der Waals surface area contributed by atoms with Crippen molar-refractivity contribution in [2.45, 2.75) is 19.8 Å². The number of aromatic nitrogens is 2. The molecule has 2 aromatic heterocycles. The van der Waals surface area contributed by atoms with E-state index in [2.05, 4.69) is 46.9 Å². The van der Waals surface area contributed by atoms with E-state index in [1.165, 1.54) is 30.8 Å². The predicted molar refractivity (Wildman–Crippen MR) is 90.7 cm³/mol. The largest absolute Gasteiger partial charge is 0.359 e. The van der Waals surface area contributed by atoms with Crippen LogP contribution in [0, 0.1) is 12.8 Å². The van der Waals surface area contributed by atoms with Crippen LogP contribution in [0.25, 0.3) is 10.2 Å². The number of hydrogen-bond acceptors (Lipinski definition) is 5. The number of rotatable bonds is 3. The lowest BCUT2D eigenvalue weighted by molar-refractivity contribution is 0.222. The highest BCUT2D eigenvalue weighted by atomic mass is 35.5. The average Bonchev–Trinajstić information content (AvgIpc) is 2.80. The molecule has 0 saturated carbocycles. The molecule has 0 aliphatic carbocycles. The maximum atomic E-state index is 6.09. The minimum Gasteiger partial charge on any atom is -0.359 e. The Labute approximate surface area is 134 Å². The monoisotopic (exact) mass is 324 g/mol. The molecule has 3 heterocycles. The molecule has 114 valence electrons. The standard InChI is InChI=1S/C15H21ClN4S/c1-10-8-12-13(17-15(16)18-14(12)21-10)20(3)9-11-4-6-19(2)7-5-11/h8,11H,4-7,9H2,1-3H3. The van der Waals surface area contributed by atoms with Gasteiger partial charge in [-0.05, 0) is 63.5 Å². The molecule has 1 fully saturated rings. The van der Waals surface area contributed by atoms with Gasteiger partial charge in [0.25, 0.3) is 0 Å². The van der Waals surface area contributed by atoms with Crippen LogP contribution < -0.4 is 4.90 Å². The fraction of sp³-hybridized carbons (Fsp3) is 0.600. The van der Waals surface area contributed by atoms with E-state index in [1.54, 1.807) is 11.3 Å². The van der Waals surface area contributed by atoms with Gasteiger partial charge in [0.1, 0.15) is 10.6 Å². The van der Waals surface area contributed by atoms with Crippen LogP contribution in [0.4, 0.5) is 5.82 Å². The van der Waals surface area contributed by atoms with Crippen LogP contribution in [-0.2, 0) is 0 Å². The molecular formula is C15H21ClN4S. The predicted octanol–water partition coefficient (Wildman–Crippen LogP) is 3.43. The van der Waals surface area contributed by atoms with Crippen LogP contribution in [0.2, 0.25) is 5.28 Å². The molecule has 0 spiro atoms. The van der Waals surface area contributed by atoms with Gasteiger partial charge in [-0.2, -0.15) is 4.98 Å². The summed E-state index contributed by atoms with van der Waals surface area (Å²) in [4.78, 5) is 15.7. The molecule has 0 bridgehead atoms. The molecule has 4 nitrogen and oxygen atoms in total. The summed E-state index contributed by atoms with van der Waals surface area (Å²) in [5.74, 6) is 1.70. The highest BCUT2D eigenvalue weighted by molar-refractivity contribution is 7.18. The van der Waals surface area contributed by atoms with Crippen molar-refractivity contribution in [3.05, 3.63) is 16.2 Å². The number of nitrogens with zero attached hydrogens (tertiary/aromatic N) is 4. The Morgan fingerprint density at radius 2 is 2.10 bits per heavy atom. The van der Waals surface area contributed by atoms with E-state index in [4.69, 9.17) is 11.6 Å². The van der Waals surface area contributed by atoms with Crippen LogP contribution in [0.3, 0.4) is 0 Å². The first-order valence-corrected chi connectivity index (χ1v) is 8.55. The lowest BCUT2D eigenvalue weighted by Crippen LogP contribution is -2.36. The summed E-state index contributed by atoms with van der Waals surface area (Å²) < 4.78 is 0. The Bertz CT molecular complexity index is 634. The minimum atomic E-state index is 0.342. The van der Waals surface area contributed by atoms with E-state index in [0.717, 1.165) is 28.5 Å². The van der Waals surface area contributed by atoms with Crippen molar-refractivity contribution >= 4 is 39.0 Å². The highest BCUT2D eigenvalue weighted by Gasteiger charge is 2.20. The number of anilines is 1. The van der Waals surface area contributed by atoms with Crippen molar-refractivity contribution in [1.29, 1.82) is 0 Å². The quantitative estimate of drug-likeness (QED) is 0.810. The molecule has 0 N–H and O–H groups in total. The summed E-state index contributed by atoms with van der Waals surface area (Å²) in [5, 5.41) is 1.46. The molecule has 1 aliphatic rings. The van der Waals surface area contributed by atoms with E-state index in [-0.39, 0.29) is 0 Å². The Morgan fingerprint density at radius 3 is 2.81 bits per heavy atom. The lowest BCUT2D eigenvalue weighted by Gasteiger charge is -2.32. The van der Waals surface area contributed by atoms with Crippen LogP contribution in [0.15, 0.2) is 6.07 Å². The number of fused-ring (bicyclic) bond motifs is 1. The van der Waals surface area contributed by atoms with Crippen molar-refractivity contribution in [1.82, 2.24) is 14.9 Å². The fourth-order valence-electron chi connectivity index (χ4n) is 3.01. The van der Waals surface area contributed by atoms with Crippen molar-refractivity contribution in [2.24, 2.45) is 5.92 Å². The van der Waals surface area contributed by atoms with E-state index in [9.17, 15) is 0 Å². The van der Waals surface area contributed by atoms with E-state index in [0.29, 0.717) is 5.28 Å². The smallest absolute Gasteiger partial charge is 0.225 e. The SMILES string of the molecule is Cc1cc2c(N(C)CC3CCN(C)CC3)nc(Cl)nc2s1. The van der Waals surface area contributed by atoms with Gasteiger partial charge < -0.3 is 9.80 Å². The first kappa shape index (κ1) is 15.0. The van der Waals surface area contributed by atoms with Gasteiger partial charge in [0.2, 0.25) is 5.28 Å². The second-order valence-corrected chi connectivity index (χ2v) is 7.59. The highest BCUT2D eigenvalue weighted by Crippen LogP contribution is 2.32. The molecule has 1 saturated heterocycles. The Morgan fingerprint density at radius 1 is 1.38 bits per heavy atom. The molecule has 21 heavy (non-hydrogen) atoms. The normalized spacial score (nSPS) is 17.5. The summed E-state index contributed by atoms with van der Waals surface area (Å²) >= 11 is 7.77. The Balaban J connectivity index is 1.82. The Kier molecular flexibility index (Phi) is 4.33. The maximum absolute atomic E-state index is 6.09. The lowest BCUT2D eigenvalue weighted by atomic mass is 9.96. The molecule has 0 radical (unpaired) electrons. The molecule has 1 aliphatic heterocycles. The molecular weight excluding hydrogens is 304 g/mol. The first-order chi connectivity index (χ1) is 10.0. The van der Waals surface area contributed by atoms with E-state index >= 15 is 0 Å². The number of halogens is 1. The van der Waals surface area contributed by atoms with E-state index < -0.39 is 0 Å².